The maximum absolute atomic E-state index is 12.1. The van der Waals surface area contributed by atoms with Crippen molar-refractivity contribution in [1.82, 2.24) is 0 Å². The third-order valence-corrected chi connectivity index (χ3v) is 3.72. The summed E-state index contributed by atoms with van der Waals surface area (Å²) < 4.78 is 10.7. The van der Waals surface area contributed by atoms with E-state index < -0.39 is 0 Å². The van der Waals surface area contributed by atoms with E-state index in [1.165, 1.54) is 7.11 Å². The molecule has 126 valence electrons. The Balaban J connectivity index is 1.65. The van der Waals surface area contributed by atoms with Crippen molar-refractivity contribution in [1.29, 1.82) is 0 Å². The van der Waals surface area contributed by atoms with Gasteiger partial charge in [0.05, 0.1) is 7.11 Å². The van der Waals surface area contributed by atoms with Crippen molar-refractivity contribution in [2.75, 3.05) is 19.0 Å². The van der Waals surface area contributed by atoms with Crippen LogP contribution < -0.4 is 14.8 Å². The van der Waals surface area contributed by atoms with Crippen molar-refractivity contribution in [3.05, 3.63) is 66.2 Å². The summed E-state index contributed by atoms with van der Waals surface area (Å²) in [6.45, 7) is -0.163. The molecule has 5 heteroatoms. The maximum Gasteiger partial charge on any atom is 0.262 e. The fourth-order valence-corrected chi connectivity index (χ4v) is 2.48. The van der Waals surface area contributed by atoms with E-state index in [9.17, 15) is 9.59 Å². The van der Waals surface area contributed by atoms with Gasteiger partial charge >= 0.3 is 0 Å². The molecule has 0 spiro atoms. The number of amides is 1. The van der Waals surface area contributed by atoms with Crippen molar-refractivity contribution in [3.8, 4) is 11.5 Å². The number of fused-ring (bicyclic) bond motifs is 1. The zero-order chi connectivity index (χ0) is 17.6. The number of anilines is 1. The fraction of sp³-hybridized carbons (Fsp3) is 0.100. The zero-order valence-electron chi connectivity index (χ0n) is 13.7. The Morgan fingerprint density at radius 3 is 2.56 bits per heavy atom. The SMILES string of the molecule is COc1cc(C=O)ccc1OCC(=O)Nc1ccc2ccccc2c1. The summed E-state index contributed by atoms with van der Waals surface area (Å²) in [5.41, 5.74) is 1.18. The van der Waals surface area contributed by atoms with Crippen molar-refractivity contribution in [3.63, 3.8) is 0 Å². The molecule has 1 amide bonds. The van der Waals surface area contributed by atoms with Crippen molar-refractivity contribution in [2.45, 2.75) is 0 Å². The van der Waals surface area contributed by atoms with E-state index in [4.69, 9.17) is 9.47 Å². The molecule has 0 saturated carbocycles. The summed E-state index contributed by atoms with van der Waals surface area (Å²) in [5, 5.41) is 4.96. The molecule has 0 radical (unpaired) electrons. The normalized spacial score (nSPS) is 10.3. The summed E-state index contributed by atoms with van der Waals surface area (Å²) in [6.07, 6.45) is 0.721. The van der Waals surface area contributed by atoms with Crippen LogP contribution in [0.3, 0.4) is 0 Å². The summed E-state index contributed by atoms with van der Waals surface area (Å²) in [7, 11) is 1.48. The predicted octanol–water partition coefficient (Wildman–Crippen LogP) is 3.68. The predicted molar refractivity (Wildman–Crippen MR) is 96.5 cm³/mol. The molecule has 0 fully saturated rings. The van der Waals surface area contributed by atoms with Gasteiger partial charge < -0.3 is 14.8 Å². The van der Waals surface area contributed by atoms with Crippen LogP contribution in [0, 0.1) is 0 Å². The van der Waals surface area contributed by atoms with Crippen molar-refractivity contribution >= 4 is 28.7 Å². The smallest absolute Gasteiger partial charge is 0.262 e. The van der Waals surface area contributed by atoms with E-state index in [-0.39, 0.29) is 12.5 Å². The highest BCUT2D eigenvalue weighted by Gasteiger charge is 2.09. The third-order valence-electron chi connectivity index (χ3n) is 3.72. The van der Waals surface area contributed by atoms with Gasteiger partial charge in [-0.05, 0) is 41.1 Å². The summed E-state index contributed by atoms with van der Waals surface area (Å²) in [4.78, 5) is 22.9. The second-order valence-corrected chi connectivity index (χ2v) is 5.43. The monoisotopic (exact) mass is 335 g/mol. The lowest BCUT2D eigenvalue weighted by atomic mass is 10.1. The highest BCUT2D eigenvalue weighted by molar-refractivity contribution is 5.95. The van der Waals surface area contributed by atoms with Crippen LogP contribution in [0.25, 0.3) is 10.8 Å². The van der Waals surface area contributed by atoms with E-state index >= 15 is 0 Å². The van der Waals surface area contributed by atoms with Gasteiger partial charge in [0.2, 0.25) is 0 Å². The first-order valence-electron chi connectivity index (χ1n) is 7.74. The summed E-state index contributed by atoms with van der Waals surface area (Å²) in [6, 6.07) is 18.4. The van der Waals surface area contributed by atoms with E-state index in [0.717, 1.165) is 17.1 Å². The van der Waals surface area contributed by atoms with Crippen molar-refractivity contribution in [2.24, 2.45) is 0 Å². The van der Waals surface area contributed by atoms with E-state index in [1.54, 1.807) is 18.2 Å². The number of carbonyl (C=O) groups excluding carboxylic acids is 2. The number of nitrogens with one attached hydrogen (secondary N) is 1. The Morgan fingerprint density at radius 2 is 1.80 bits per heavy atom. The number of methoxy groups -OCH3 is 1. The lowest BCUT2D eigenvalue weighted by Gasteiger charge is -2.11. The number of aldehydes is 1. The Hall–Kier alpha value is -3.34. The summed E-state index contributed by atoms with van der Waals surface area (Å²) >= 11 is 0. The first kappa shape index (κ1) is 16.5. The average Bonchev–Trinajstić information content (AvgIpc) is 2.66. The van der Waals surface area contributed by atoms with Gasteiger partial charge in [0, 0.05) is 11.3 Å². The van der Waals surface area contributed by atoms with Crippen LogP contribution in [-0.2, 0) is 4.79 Å². The lowest BCUT2D eigenvalue weighted by molar-refractivity contribution is -0.118. The second kappa shape index (κ2) is 7.49. The fourth-order valence-electron chi connectivity index (χ4n) is 2.48. The number of hydrogen-bond acceptors (Lipinski definition) is 4. The van der Waals surface area contributed by atoms with Crippen LogP contribution in [0.1, 0.15) is 10.4 Å². The molecule has 0 aromatic heterocycles. The number of rotatable bonds is 6. The van der Waals surface area contributed by atoms with E-state index in [2.05, 4.69) is 5.32 Å². The van der Waals surface area contributed by atoms with Crippen LogP contribution in [-0.4, -0.2) is 25.9 Å². The molecular formula is C20H17NO4. The van der Waals surface area contributed by atoms with Crippen LogP contribution in [0.2, 0.25) is 0 Å². The molecule has 0 heterocycles. The van der Waals surface area contributed by atoms with Gasteiger partial charge in [0.25, 0.3) is 5.91 Å². The molecule has 0 aliphatic rings. The Bertz CT molecular complexity index is 920. The van der Waals surface area contributed by atoms with Gasteiger partial charge in [-0.3, -0.25) is 9.59 Å². The molecule has 0 saturated heterocycles. The quantitative estimate of drug-likeness (QED) is 0.698. The first-order chi connectivity index (χ1) is 12.2. The van der Waals surface area contributed by atoms with Gasteiger partial charge in [-0.2, -0.15) is 0 Å². The molecule has 3 aromatic carbocycles. The third kappa shape index (κ3) is 3.95. The standard InChI is InChI=1S/C20H17NO4/c1-24-19-10-14(12-22)6-9-18(19)25-13-20(23)21-17-8-7-15-4-2-3-5-16(15)11-17/h2-12H,13H2,1H3,(H,21,23). The molecule has 0 aliphatic carbocycles. The zero-order valence-corrected chi connectivity index (χ0v) is 13.7. The van der Waals surface area contributed by atoms with Crippen LogP contribution in [0.4, 0.5) is 5.69 Å². The molecule has 1 N–H and O–H groups in total. The molecule has 0 bridgehead atoms. The Morgan fingerprint density at radius 1 is 1.00 bits per heavy atom. The van der Waals surface area contributed by atoms with Crippen molar-refractivity contribution < 1.29 is 19.1 Å². The van der Waals surface area contributed by atoms with Gasteiger partial charge in [-0.25, -0.2) is 0 Å². The van der Waals surface area contributed by atoms with Crippen LogP contribution in [0.15, 0.2) is 60.7 Å². The van der Waals surface area contributed by atoms with Gasteiger partial charge in [-0.1, -0.05) is 30.3 Å². The Kier molecular flexibility index (Phi) is 4.95. The van der Waals surface area contributed by atoms with Gasteiger partial charge in [0.1, 0.15) is 6.29 Å². The average molecular weight is 335 g/mol. The molecule has 0 aliphatic heterocycles. The molecule has 0 atom stereocenters. The maximum atomic E-state index is 12.1. The number of benzene rings is 3. The lowest BCUT2D eigenvalue weighted by Crippen LogP contribution is -2.20. The molecule has 3 aromatic rings. The highest BCUT2D eigenvalue weighted by Crippen LogP contribution is 2.27. The molecular weight excluding hydrogens is 318 g/mol. The van der Waals surface area contributed by atoms with E-state index in [1.807, 2.05) is 42.5 Å². The number of carbonyl (C=O) groups is 2. The van der Waals surface area contributed by atoms with E-state index in [0.29, 0.717) is 22.7 Å². The largest absolute Gasteiger partial charge is 0.493 e. The van der Waals surface area contributed by atoms with Crippen LogP contribution in [0.5, 0.6) is 11.5 Å². The number of ether oxygens (including phenoxy) is 2. The minimum absolute atomic E-state index is 0.163. The van der Waals surface area contributed by atoms with Crippen LogP contribution >= 0.6 is 0 Å². The minimum Gasteiger partial charge on any atom is -0.493 e. The highest BCUT2D eigenvalue weighted by atomic mass is 16.5. The first-order valence-corrected chi connectivity index (χ1v) is 7.74. The number of hydrogen-bond donors (Lipinski definition) is 1. The van der Waals surface area contributed by atoms with Gasteiger partial charge in [-0.15, -0.1) is 0 Å². The summed E-state index contributed by atoms with van der Waals surface area (Å²) in [5.74, 6) is 0.529. The molecule has 3 rings (SSSR count). The van der Waals surface area contributed by atoms with Gasteiger partial charge in [0.15, 0.2) is 18.1 Å². The molecule has 0 unspecified atom stereocenters. The minimum atomic E-state index is -0.281. The Labute approximate surface area is 145 Å². The molecule has 25 heavy (non-hydrogen) atoms. The molecule has 5 nitrogen and oxygen atoms in total. The second-order valence-electron chi connectivity index (χ2n) is 5.43. The topological polar surface area (TPSA) is 64.6 Å².